The number of rotatable bonds is 7. The summed E-state index contributed by atoms with van der Waals surface area (Å²) in [4.78, 5) is 10.7. The molecule has 1 rings (SSSR count). The molecular formula is C13H24N4O. The molecule has 102 valence electrons. The predicted octanol–water partition coefficient (Wildman–Crippen LogP) is 1.68. The van der Waals surface area contributed by atoms with Crippen LogP contribution in [0, 0.1) is 0 Å². The van der Waals surface area contributed by atoms with Crippen molar-refractivity contribution in [3.05, 3.63) is 11.9 Å². The molecule has 0 radical (unpaired) electrons. The van der Waals surface area contributed by atoms with Crippen molar-refractivity contribution < 1.29 is 5.11 Å². The van der Waals surface area contributed by atoms with E-state index in [4.69, 9.17) is 0 Å². The highest BCUT2D eigenvalue weighted by Crippen LogP contribution is 2.24. The van der Waals surface area contributed by atoms with Crippen LogP contribution in [-0.4, -0.2) is 41.3 Å². The molecule has 0 saturated heterocycles. The van der Waals surface area contributed by atoms with Crippen LogP contribution in [0.25, 0.3) is 0 Å². The summed E-state index contributed by atoms with van der Waals surface area (Å²) in [6.07, 6.45) is 3.50. The number of aliphatic hydroxyl groups is 1. The van der Waals surface area contributed by atoms with Gasteiger partial charge >= 0.3 is 0 Å². The Morgan fingerprint density at radius 2 is 2.11 bits per heavy atom. The zero-order valence-corrected chi connectivity index (χ0v) is 11.8. The topological polar surface area (TPSA) is 61.3 Å². The van der Waals surface area contributed by atoms with E-state index < -0.39 is 0 Å². The highest BCUT2D eigenvalue weighted by Gasteiger charge is 2.16. The SMILES string of the molecule is CCCNc1ncnc(N(C)C(C)CO)c1CC. The van der Waals surface area contributed by atoms with Gasteiger partial charge in [0.15, 0.2) is 0 Å². The van der Waals surface area contributed by atoms with Gasteiger partial charge in [-0.3, -0.25) is 0 Å². The van der Waals surface area contributed by atoms with E-state index >= 15 is 0 Å². The zero-order chi connectivity index (χ0) is 13.5. The van der Waals surface area contributed by atoms with E-state index in [0.717, 1.165) is 36.6 Å². The average molecular weight is 252 g/mol. The summed E-state index contributed by atoms with van der Waals surface area (Å²) < 4.78 is 0. The number of anilines is 2. The maximum Gasteiger partial charge on any atom is 0.137 e. The monoisotopic (exact) mass is 252 g/mol. The van der Waals surface area contributed by atoms with Gasteiger partial charge in [-0.15, -0.1) is 0 Å². The van der Waals surface area contributed by atoms with Gasteiger partial charge in [-0.25, -0.2) is 9.97 Å². The summed E-state index contributed by atoms with van der Waals surface area (Å²) in [7, 11) is 1.95. The maximum absolute atomic E-state index is 9.24. The summed E-state index contributed by atoms with van der Waals surface area (Å²) >= 11 is 0. The normalized spacial score (nSPS) is 12.3. The van der Waals surface area contributed by atoms with Crippen LogP contribution in [-0.2, 0) is 6.42 Å². The number of hydrogen-bond donors (Lipinski definition) is 2. The molecule has 1 aromatic heterocycles. The Hall–Kier alpha value is -1.36. The molecule has 0 fully saturated rings. The first kappa shape index (κ1) is 14.7. The molecule has 1 heterocycles. The van der Waals surface area contributed by atoms with E-state index in [-0.39, 0.29) is 12.6 Å². The van der Waals surface area contributed by atoms with Crippen LogP contribution in [0.2, 0.25) is 0 Å². The molecule has 1 unspecified atom stereocenters. The van der Waals surface area contributed by atoms with Crippen molar-refractivity contribution in [2.24, 2.45) is 0 Å². The molecule has 0 aliphatic heterocycles. The first-order valence-corrected chi connectivity index (χ1v) is 6.57. The Morgan fingerprint density at radius 3 is 2.67 bits per heavy atom. The van der Waals surface area contributed by atoms with Crippen LogP contribution < -0.4 is 10.2 Å². The smallest absolute Gasteiger partial charge is 0.137 e. The molecule has 0 amide bonds. The average Bonchev–Trinajstić information content (AvgIpc) is 2.42. The highest BCUT2D eigenvalue weighted by atomic mass is 16.3. The third-order valence-electron chi connectivity index (χ3n) is 3.08. The van der Waals surface area contributed by atoms with Crippen molar-refractivity contribution in [1.29, 1.82) is 0 Å². The molecule has 1 aromatic rings. The van der Waals surface area contributed by atoms with Crippen LogP contribution in [0.4, 0.5) is 11.6 Å². The van der Waals surface area contributed by atoms with Gasteiger partial charge in [0.1, 0.15) is 18.0 Å². The number of hydrogen-bond acceptors (Lipinski definition) is 5. The number of likely N-dealkylation sites (N-methyl/N-ethyl adjacent to an activating group) is 1. The molecule has 0 saturated carbocycles. The third kappa shape index (κ3) is 3.32. The fourth-order valence-electron chi connectivity index (χ4n) is 1.76. The lowest BCUT2D eigenvalue weighted by molar-refractivity contribution is 0.269. The van der Waals surface area contributed by atoms with Crippen LogP contribution in [0.15, 0.2) is 6.33 Å². The van der Waals surface area contributed by atoms with E-state index in [9.17, 15) is 5.11 Å². The minimum Gasteiger partial charge on any atom is -0.394 e. The molecular weight excluding hydrogens is 228 g/mol. The van der Waals surface area contributed by atoms with E-state index in [1.807, 2.05) is 18.9 Å². The lowest BCUT2D eigenvalue weighted by atomic mass is 10.2. The van der Waals surface area contributed by atoms with Crippen molar-refractivity contribution in [3.63, 3.8) is 0 Å². The molecule has 0 aromatic carbocycles. The van der Waals surface area contributed by atoms with Crippen LogP contribution in [0.3, 0.4) is 0 Å². The van der Waals surface area contributed by atoms with Gasteiger partial charge < -0.3 is 15.3 Å². The molecule has 2 N–H and O–H groups in total. The van der Waals surface area contributed by atoms with Gasteiger partial charge in [-0.1, -0.05) is 13.8 Å². The maximum atomic E-state index is 9.24. The van der Waals surface area contributed by atoms with Crippen LogP contribution in [0.5, 0.6) is 0 Å². The third-order valence-corrected chi connectivity index (χ3v) is 3.08. The Balaban J connectivity index is 3.03. The fraction of sp³-hybridized carbons (Fsp3) is 0.692. The highest BCUT2D eigenvalue weighted by molar-refractivity contribution is 5.58. The second kappa shape index (κ2) is 7.16. The molecule has 0 aliphatic rings. The summed E-state index contributed by atoms with van der Waals surface area (Å²) in [6, 6.07) is 0.0456. The Kier molecular flexibility index (Phi) is 5.85. The Bertz CT molecular complexity index is 370. The molecule has 5 heteroatoms. The van der Waals surface area contributed by atoms with Gasteiger partial charge in [0.25, 0.3) is 0 Å². The summed E-state index contributed by atoms with van der Waals surface area (Å²) in [5.41, 5.74) is 1.11. The van der Waals surface area contributed by atoms with Crippen molar-refractivity contribution in [1.82, 2.24) is 9.97 Å². The van der Waals surface area contributed by atoms with Gasteiger partial charge in [0.2, 0.25) is 0 Å². The van der Waals surface area contributed by atoms with Crippen molar-refractivity contribution in [2.75, 3.05) is 30.4 Å². The second-order valence-electron chi connectivity index (χ2n) is 4.45. The number of aliphatic hydroxyl groups excluding tert-OH is 1. The van der Waals surface area contributed by atoms with E-state index in [2.05, 4.69) is 29.1 Å². The van der Waals surface area contributed by atoms with Crippen LogP contribution in [0.1, 0.15) is 32.8 Å². The van der Waals surface area contributed by atoms with E-state index in [1.165, 1.54) is 0 Å². The zero-order valence-electron chi connectivity index (χ0n) is 11.8. The lowest BCUT2D eigenvalue weighted by Gasteiger charge is -2.27. The molecule has 0 spiro atoms. The number of aromatic nitrogens is 2. The van der Waals surface area contributed by atoms with Crippen molar-refractivity contribution in [2.45, 2.75) is 39.7 Å². The summed E-state index contributed by atoms with van der Waals surface area (Å²) in [5, 5.41) is 12.6. The predicted molar refractivity (Wildman–Crippen MR) is 75.1 cm³/mol. The Morgan fingerprint density at radius 1 is 1.39 bits per heavy atom. The molecule has 18 heavy (non-hydrogen) atoms. The summed E-state index contributed by atoms with van der Waals surface area (Å²) in [6.45, 7) is 7.21. The molecule has 5 nitrogen and oxygen atoms in total. The van der Waals surface area contributed by atoms with Gasteiger partial charge in [-0.2, -0.15) is 0 Å². The molecule has 0 aliphatic carbocycles. The van der Waals surface area contributed by atoms with E-state index in [1.54, 1.807) is 6.33 Å². The Labute approximate surface area is 109 Å². The standard InChI is InChI=1S/C13H24N4O/c1-5-7-14-12-11(6-2)13(16-9-15-12)17(4)10(3)8-18/h9-10,18H,5-8H2,1-4H3,(H,14,15,16). The van der Waals surface area contributed by atoms with Crippen molar-refractivity contribution >= 4 is 11.6 Å². The minimum atomic E-state index is 0.0456. The lowest BCUT2D eigenvalue weighted by Crippen LogP contribution is -2.33. The van der Waals surface area contributed by atoms with Crippen LogP contribution >= 0.6 is 0 Å². The first-order chi connectivity index (χ1) is 8.65. The number of nitrogens with zero attached hydrogens (tertiary/aromatic N) is 3. The first-order valence-electron chi connectivity index (χ1n) is 6.57. The van der Waals surface area contributed by atoms with Crippen molar-refractivity contribution in [3.8, 4) is 0 Å². The minimum absolute atomic E-state index is 0.0456. The quantitative estimate of drug-likeness (QED) is 0.773. The van der Waals surface area contributed by atoms with Gasteiger partial charge in [0.05, 0.1) is 12.6 Å². The molecule has 0 bridgehead atoms. The van der Waals surface area contributed by atoms with Gasteiger partial charge in [-0.05, 0) is 19.8 Å². The second-order valence-corrected chi connectivity index (χ2v) is 4.45. The fourth-order valence-corrected chi connectivity index (χ4v) is 1.76. The molecule has 1 atom stereocenters. The largest absolute Gasteiger partial charge is 0.394 e. The number of nitrogens with one attached hydrogen (secondary N) is 1. The summed E-state index contributed by atoms with van der Waals surface area (Å²) in [5.74, 6) is 1.80. The van der Waals surface area contributed by atoms with Gasteiger partial charge in [0, 0.05) is 19.2 Å². The van der Waals surface area contributed by atoms with E-state index in [0.29, 0.717) is 0 Å².